The van der Waals surface area contributed by atoms with Crippen LogP contribution in [0, 0.1) is 0 Å². The molecule has 1 heterocycles. The third-order valence-corrected chi connectivity index (χ3v) is 1.18. The first-order valence-corrected chi connectivity index (χ1v) is 2.57. The zero-order valence-electron chi connectivity index (χ0n) is 2.75. The molecule has 1 aliphatic heterocycles. The molecule has 0 bridgehead atoms. The minimum Gasteiger partial charge on any atom is -0.438 e. The quantitative estimate of drug-likeness (QED) is 0.391. The molecule has 0 spiro atoms. The van der Waals surface area contributed by atoms with Crippen molar-refractivity contribution in [2.75, 3.05) is 0 Å². The van der Waals surface area contributed by atoms with Crippen LogP contribution < -0.4 is 0 Å². The summed E-state index contributed by atoms with van der Waals surface area (Å²) < 4.78 is 17.7. The molecule has 5 heteroatoms. The molecule has 0 aromatic rings. The van der Waals surface area contributed by atoms with Crippen LogP contribution in [0.5, 0.6) is 0 Å². The Labute approximate surface area is 35.2 Å². The second kappa shape index (κ2) is 1.02. The lowest BCUT2D eigenvalue weighted by molar-refractivity contribution is -0.252. The summed E-state index contributed by atoms with van der Waals surface area (Å²) in [6.07, 6.45) is 0. The van der Waals surface area contributed by atoms with Crippen molar-refractivity contribution in [3.63, 3.8) is 0 Å². The Morgan fingerprint density at radius 1 is 1.67 bits per heavy atom. The first kappa shape index (κ1) is 3.76. The van der Waals surface area contributed by atoms with Crippen LogP contribution in [0.2, 0.25) is 0 Å². The molecule has 0 aromatic carbocycles. The van der Waals surface area contributed by atoms with E-state index in [9.17, 15) is 4.46 Å². The molecular weight excluding hydrogens is 104 g/mol. The van der Waals surface area contributed by atoms with Gasteiger partial charge in [0, 0.05) is 0 Å². The van der Waals surface area contributed by atoms with Gasteiger partial charge in [-0.3, -0.25) is 4.46 Å². The van der Waals surface area contributed by atoms with E-state index in [2.05, 4.69) is 8.85 Å². The molecule has 0 aromatic heterocycles. The van der Waals surface area contributed by atoms with Gasteiger partial charge in [0.1, 0.15) is 0 Å². The molecule has 0 saturated carbocycles. The standard InChI is InChI=1S/CH2O4Si/c2-1-4-6(3)5-1/h1-2H. The second-order valence-corrected chi connectivity index (χ2v) is 1.76. The second-order valence-electron chi connectivity index (χ2n) is 0.793. The Morgan fingerprint density at radius 3 is 2.17 bits per heavy atom. The van der Waals surface area contributed by atoms with E-state index in [1.165, 1.54) is 0 Å². The smallest absolute Gasteiger partial charge is 0.438 e. The van der Waals surface area contributed by atoms with E-state index < -0.39 is 15.6 Å². The molecular formula is CH2O4Si. The molecule has 4 nitrogen and oxygen atoms in total. The van der Waals surface area contributed by atoms with Crippen molar-refractivity contribution in [2.24, 2.45) is 0 Å². The summed E-state index contributed by atoms with van der Waals surface area (Å²) >= 11 is 0. The number of hydrogen-bond donors (Lipinski definition) is 1. The summed E-state index contributed by atoms with van der Waals surface area (Å²) in [6.45, 7) is -1.23. The van der Waals surface area contributed by atoms with E-state index in [0.29, 0.717) is 0 Å². The lowest BCUT2D eigenvalue weighted by Crippen LogP contribution is -2.38. The Kier molecular flexibility index (Phi) is 0.639. The Balaban J connectivity index is 2.28. The fourth-order valence-electron chi connectivity index (χ4n) is 0.173. The molecule has 6 heavy (non-hydrogen) atoms. The van der Waals surface area contributed by atoms with E-state index in [4.69, 9.17) is 5.11 Å². The number of aliphatic hydroxyl groups excluding tert-OH is 1. The van der Waals surface area contributed by atoms with Crippen LogP contribution in [0.3, 0.4) is 0 Å². The zero-order valence-corrected chi connectivity index (χ0v) is 3.75. The molecule has 1 aliphatic rings. The molecule has 0 aliphatic carbocycles. The first-order chi connectivity index (χ1) is 2.79. The van der Waals surface area contributed by atoms with Gasteiger partial charge in [0.05, 0.1) is 0 Å². The number of aliphatic hydroxyl groups is 1. The lowest BCUT2D eigenvalue weighted by atomic mass is 11.4. The van der Waals surface area contributed by atoms with Crippen molar-refractivity contribution < 1.29 is 18.4 Å². The van der Waals surface area contributed by atoms with Crippen LogP contribution in [0.4, 0.5) is 0 Å². The summed E-state index contributed by atoms with van der Waals surface area (Å²) in [5, 5.41) is 8.00. The summed E-state index contributed by atoms with van der Waals surface area (Å²) in [7, 11) is -2.24. The molecule has 0 amide bonds. The molecule has 1 N–H and O–H groups in total. The summed E-state index contributed by atoms with van der Waals surface area (Å²) in [5.74, 6) is 0. The molecule has 0 unspecified atom stereocenters. The van der Waals surface area contributed by atoms with Crippen molar-refractivity contribution in [3.8, 4) is 0 Å². The topological polar surface area (TPSA) is 55.8 Å². The number of hydrogen-bond acceptors (Lipinski definition) is 4. The Hall–Kier alpha value is -0.423. The van der Waals surface area contributed by atoms with Gasteiger partial charge in [0.2, 0.25) is 0 Å². The van der Waals surface area contributed by atoms with Crippen LogP contribution in [-0.4, -0.2) is 20.8 Å². The van der Waals surface area contributed by atoms with E-state index in [1.54, 1.807) is 0 Å². The van der Waals surface area contributed by atoms with Crippen LogP contribution in [0.25, 0.3) is 0 Å². The van der Waals surface area contributed by atoms with Crippen LogP contribution in [0.15, 0.2) is 0 Å². The van der Waals surface area contributed by atoms with E-state index >= 15 is 0 Å². The van der Waals surface area contributed by atoms with Crippen molar-refractivity contribution >= 4 is 9.17 Å². The van der Waals surface area contributed by atoms with Gasteiger partial charge in [0.25, 0.3) is 0 Å². The minimum atomic E-state index is -2.24. The molecule has 1 rings (SSSR count). The fourth-order valence-corrected chi connectivity index (χ4v) is 0.520. The monoisotopic (exact) mass is 106 g/mol. The molecule has 0 atom stereocenters. The highest BCUT2D eigenvalue weighted by Gasteiger charge is 2.31. The maximum Gasteiger partial charge on any atom is 0.776 e. The lowest BCUT2D eigenvalue weighted by Gasteiger charge is -2.18. The van der Waals surface area contributed by atoms with Crippen molar-refractivity contribution in [2.45, 2.75) is 6.48 Å². The SMILES string of the molecule is O=[Si]1OC(O)O1. The van der Waals surface area contributed by atoms with Gasteiger partial charge < -0.3 is 14.0 Å². The van der Waals surface area contributed by atoms with Gasteiger partial charge in [-0.25, -0.2) is 0 Å². The highest BCUT2D eigenvalue weighted by Crippen LogP contribution is 2.00. The third-order valence-electron chi connectivity index (χ3n) is 0.394. The molecule has 1 saturated heterocycles. The largest absolute Gasteiger partial charge is 0.776 e. The predicted octanol–water partition coefficient (Wildman–Crippen LogP) is -1.28. The van der Waals surface area contributed by atoms with Gasteiger partial charge >= 0.3 is 15.6 Å². The summed E-state index contributed by atoms with van der Waals surface area (Å²) in [4.78, 5) is 0. The van der Waals surface area contributed by atoms with Crippen molar-refractivity contribution in [3.05, 3.63) is 0 Å². The fraction of sp³-hybridized carbons (Fsp3) is 1.00. The third kappa shape index (κ3) is 0.414. The maximum absolute atomic E-state index is 9.69. The van der Waals surface area contributed by atoms with Crippen molar-refractivity contribution in [1.82, 2.24) is 0 Å². The number of rotatable bonds is 0. The first-order valence-electron chi connectivity index (χ1n) is 1.34. The predicted molar refractivity (Wildman–Crippen MR) is 14.6 cm³/mol. The van der Waals surface area contributed by atoms with E-state index in [1.807, 2.05) is 0 Å². The molecule has 1 fully saturated rings. The molecule has 0 radical (unpaired) electrons. The molecule has 34 valence electrons. The van der Waals surface area contributed by atoms with Gasteiger partial charge in [-0.05, 0) is 0 Å². The highest BCUT2D eigenvalue weighted by atomic mass is 28.3. The van der Waals surface area contributed by atoms with Gasteiger partial charge in [0.15, 0.2) is 0 Å². The zero-order chi connectivity index (χ0) is 4.57. The summed E-state index contributed by atoms with van der Waals surface area (Å²) in [6, 6.07) is 0. The van der Waals surface area contributed by atoms with Gasteiger partial charge in [-0.15, -0.1) is 0 Å². The summed E-state index contributed by atoms with van der Waals surface area (Å²) in [5.41, 5.74) is 0. The van der Waals surface area contributed by atoms with E-state index in [0.717, 1.165) is 0 Å². The Bertz CT molecular complexity index is 71.6. The van der Waals surface area contributed by atoms with Crippen LogP contribution in [-0.2, 0) is 13.3 Å². The van der Waals surface area contributed by atoms with Crippen molar-refractivity contribution in [1.29, 1.82) is 0 Å². The van der Waals surface area contributed by atoms with Gasteiger partial charge in [-0.1, -0.05) is 0 Å². The minimum absolute atomic E-state index is 1.23. The van der Waals surface area contributed by atoms with E-state index in [-0.39, 0.29) is 0 Å². The normalized spacial score (nSPS) is 21.2. The van der Waals surface area contributed by atoms with Crippen LogP contribution >= 0.6 is 0 Å². The Morgan fingerprint density at radius 2 is 2.17 bits per heavy atom. The average Bonchev–Trinajstić information content (AvgIpc) is 1.33. The van der Waals surface area contributed by atoms with Crippen LogP contribution in [0.1, 0.15) is 0 Å². The highest BCUT2D eigenvalue weighted by molar-refractivity contribution is 6.28. The maximum atomic E-state index is 9.69. The van der Waals surface area contributed by atoms with Gasteiger partial charge in [-0.2, -0.15) is 0 Å². The average molecular weight is 106 g/mol.